The monoisotopic (exact) mass is 408 g/mol. The number of carbonyl (C=O) groups excluding carboxylic acids is 1. The minimum atomic E-state index is 0.0227. The summed E-state index contributed by atoms with van der Waals surface area (Å²) in [6.07, 6.45) is 1.39. The molecule has 29 heavy (non-hydrogen) atoms. The number of carbonyl (C=O) groups is 1. The highest BCUT2D eigenvalue weighted by Crippen LogP contribution is 2.31. The summed E-state index contributed by atoms with van der Waals surface area (Å²) in [6, 6.07) is 11.0. The van der Waals surface area contributed by atoms with E-state index in [1.807, 2.05) is 30.3 Å². The van der Waals surface area contributed by atoms with Crippen molar-refractivity contribution in [3.63, 3.8) is 0 Å². The Bertz CT molecular complexity index is 1080. The summed E-state index contributed by atoms with van der Waals surface area (Å²) in [5, 5.41) is 16.6. The van der Waals surface area contributed by atoms with E-state index in [2.05, 4.69) is 41.3 Å². The highest BCUT2D eigenvalue weighted by Gasteiger charge is 2.07. The first-order valence-electron chi connectivity index (χ1n) is 9.42. The van der Waals surface area contributed by atoms with E-state index in [1.165, 1.54) is 11.3 Å². The predicted molar refractivity (Wildman–Crippen MR) is 120 cm³/mol. The summed E-state index contributed by atoms with van der Waals surface area (Å²) in [7, 11) is 0. The van der Waals surface area contributed by atoms with Crippen LogP contribution in [0.5, 0.6) is 5.75 Å². The number of nitrogens with one attached hydrogen (secondary N) is 2. The Kier molecular flexibility index (Phi) is 6.57. The fourth-order valence-electron chi connectivity index (χ4n) is 2.74. The van der Waals surface area contributed by atoms with Gasteiger partial charge < -0.3 is 21.5 Å². The average Bonchev–Trinajstić information content (AvgIpc) is 3.05. The summed E-state index contributed by atoms with van der Waals surface area (Å²) < 4.78 is 0.806. The van der Waals surface area contributed by atoms with E-state index >= 15 is 0 Å². The van der Waals surface area contributed by atoms with Gasteiger partial charge in [-0.1, -0.05) is 43.1 Å². The van der Waals surface area contributed by atoms with Gasteiger partial charge in [-0.15, -0.1) is 0 Å². The lowest BCUT2D eigenvalue weighted by molar-refractivity contribution is -0.116. The van der Waals surface area contributed by atoms with Crippen LogP contribution in [-0.4, -0.2) is 22.5 Å². The Morgan fingerprint density at radius 1 is 1.28 bits per heavy atom. The number of aromatic nitrogens is 1. The maximum absolute atomic E-state index is 12.0. The molecule has 0 bridgehead atoms. The number of rotatable bonds is 6. The first kappa shape index (κ1) is 20.5. The van der Waals surface area contributed by atoms with Crippen molar-refractivity contribution in [1.82, 2.24) is 4.98 Å². The van der Waals surface area contributed by atoms with Gasteiger partial charge in [0, 0.05) is 23.4 Å². The zero-order chi connectivity index (χ0) is 20.8. The van der Waals surface area contributed by atoms with Crippen LogP contribution in [0.4, 0.5) is 16.5 Å². The van der Waals surface area contributed by atoms with E-state index in [1.54, 1.807) is 6.07 Å². The number of benzene rings is 2. The van der Waals surface area contributed by atoms with Gasteiger partial charge in [0.15, 0.2) is 5.13 Å². The molecule has 0 saturated carbocycles. The van der Waals surface area contributed by atoms with Crippen molar-refractivity contribution in [2.45, 2.75) is 26.7 Å². The summed E-state index contributed by atoms with van der Waals surface area (Å²) in [6.45, 7) is 4.63. The molecule has 0 aliphatic carbocycles. The van der Waals surface area contributed by atoms with Crippen molar-refractivity contribution in [2.75, 3.05) is 22.9 Å². The Hall–Kier alpha value is -3.24. The molecule has 1 aromatic heterocycles. The highest BCUT2D eigenvalue weighted by molar-refractivity contribution is 7.22. The Balaban J connectivity index is 1.58. The summed E-state index contributed by atoms with van der Waals surface area (Å²) >= 11 is 1.32. The summed E-state index contributed by atoms with van der Waals surface area (Å²) in [5.74, 6) is 6.67. The molecule has 0 unspecified atom stereocenters. The van der Waals surface area contributed by atoms with Crippen LogP contribution in [-0.2, 0) is 4.79 Å². The van der Waals surface area contributed by atoms with E-state index in [0.717, 1.165) is 22.5 Å². The first-order chi connectivity index (χ1) is 13.9. The molecule has 0 aliphatic rings. The number of nitrogens with two attached hydrogens (primary N) is 1. The second-order valence-electron chi connectivity index (χ2n) is 7.11. The average molecular weight is 409 g/mol. The van der Waals surface area contributed by atoms with Gasteiger partial charge in [0.25, 0.3) is 0 Å². The second kappa shape index (κ2) is 9.30. The van der Waals surface area contributed by atoms with Crippen molar-refractivity contribution >= 4 is 44.0 Å². The zero-order valence-corrected chi connectivity index (χ0v) is 17.3. The maximum atomic E-state index is 12.0. The van der Waals surface area contributed by atoms with Crippen molar-refractivity contribution < 1.29 is 9.90 Å². The number of thiazole rings is 1. The van der Waals surface area contributed by atoms with Gasteiger partial charge in [0.05, 0.1) is 11.2 Å². The van der Waals surface area contributed by atoms with E-state index in [4.69, 9.17) is 5.73 Å². The highest BCUT2D eigenvalue weighted by atomic mass is 32.1. The Morgan fingerprint density at radius 2 is 2.07 bits per heavy atom. The van der Waals surface area contributed by atoms with Crippen molar-refractivity contribution in [1.29, 1.82) is 0 Å². The topological polar surface area (TPSA) is 100 Å². The number of hydrogen-bond donors (Lipinski definition) is 4. The second-order valence-corrected chi connectivity index (χ2v) is 8.17. The van der Waals surface area contributed by atoms with Crippen molar-refractivity contribution in [3.05, 3.63) is 42.0 Å². The molecule has 0 fully saturated rings. The van der Waals surface area contributed by atoms with Crippen LogP contribution in [0.15, 0.2) is 36.4 Å². The number of hydrogen-bond acceptors (Lipinski definition) is 6. The number of phenolic OH excluding ortho intramolecular Hbond substituents is 1. The van der Waals surface area contributed by atoms with Crippen LogP contribution < -0.4 is 16.4 Å². The van der Waals surface area contributed by atoms with Crippen LogP contribution in [0.25, 0.3) is 10.2 Å². The van der Waals surface area contributed by atoms with E-state index in [-0.39, 0.29) is 11.7 Å². The molecule has 0 saturated heterocycles. The first-order valence-corrected chi connectivity index (χ1v) is 10.2. The number of amides is 1. The molecular formula is C22H24N4O2S. The van der Waals surface area contributed by atoms with Crippen LogP contribution in [0.1, 0.15) is 32.3 Å². The number of anilines is 3. The molecule has 7 heteroatoms. The molecule has 3 rings (SSSR count). The molecule has 2 aromatic carbocycles. The van der Waals surface area contributed by atoms with Crippen LogP contribution in [0.2, 0.25) is 0 Å². The molecule has 0 radical (unpaired) electrons. The van der Waals surface area contributed by atoms with Gasteiger partial charge in [0.1, 0.15) is 11.3 Å². The van der Waals surface area contributed by atoms with E-state index in [0.29, 0.717) is 35.1 Å². The predicted octanol–water partition coefficient (Wildman–Crippen LogP) is 4.42. The minimum Gasteiger partial charge on any atom is -0.506 e. The molecule has 1 amide bonds. The molecule has 0 aliphatic heterocycles. The smallest absolute Gasteiger partial charge is 0.224 e. The van der Waals surface area contributed by atoms with Crippen LogP contribution >= 0.6 is 11.3 Å². The van der Waals surface area contributed by atoms with Gasteiger partial charge in [-0.2, -0.15) is 0 Å². The largest absolute Gasteiger partial charge is 0.506 e. The van der Waals surface area contributed by atoms with Crippen molar-refractivity contribution in [3.8, 4) is 17.6 Å². The molecular weight excluding hydrogens is 384 g/mol. The van der Waals surface area contributed by atoms with E-state index in [9.17, 15) is 9.90 Å². The van der Waals surface area contributed by atoms with Gasteiger partial charge in [0.2, 0.25) is 5.91 Å². The molecule has 0 spiro atoms. The number of aromatic hydroxyl groups is 1. The molecule has 5 N–H and O–H groups in total. The third kappa shape index (κ3) is 5.87. The zero-order valence-electron chi connectivity index (χ0n) is 16.5. The maximum Gasteiger partial charge on any atom is 0.224 e. The third-order valence-electron chi connectivity index (χ3n) is 4.20. The standard InChI is InChI=1S/C22H24N4O2S/c1-14(2)8-9-20(28)25-17-7-3-6-16(13-17)24-10-4-5-15-11-18(27)21-19(12-15)29-22(23)26-21/h3,6-7,11-14,24,27H,8-10H2,1-2H3,(H2,23,26)(H,25,28). The van der Waals surface area contributed by atoms with Crippen LogP contribution in [0.3, 0.4) is 0 Å². The fourth-order valence-corrected chi connectivity index (χ4v) is 3.54. The van der Waals surface area contributed by atoms with Gasteiger partial charge in [-0.3, -0.25) is 4.79 Å². The lowest BCUT2D eigenvalue weighted by Gasteiger charge is -2.09. The van der Waals surface area contributed by atoms with Crippen molar-refractivity contribution in [2.24, 2.45) is 5.92 Å². The Labute approximate surface area is 174 Å². The Morgan fingerprint density at radius 3 is 2.86 bits per heavy atom. The van der Waals surface area contributed by atoms with Crippen LogP contribution in [0, 0.1) is 17.8 Å². The molecule has 3 aromatic rings. The fraction of sp³-hybridized carbons (Fsp3) is 0.273. The lowest BCUT2D eigenvalue weighted by atomic mass is 10.1. The molecule has 150 valence electrons. The quantitative estimate of drug-likeness (QED) is 0.452. The number of fused-ring (bicyclic) bond motifs is 1. The molecule has 1 heterocycles. The SMILES string of the molecule is CC(C)CCC(=O)Nc1cccc(NCC#Cc2cc(O)c3nc(N)sc3c2)c1. The minimum absolute atomic E-state index is 0.0227. The third-order valence-corrected chi connectivity index (χ3v) is 5.03. The lowest BCUT2D eigenvalue weighted by Crippen LogP contribution is -2.12. The normalized spacial score (nSPS) is 10.6. The van der Waals surface area contributed by atoms with E-state index < -0.39 is 0 Å². The summed E-state index contributed by atoms with van der Waals surface area (Å²) in [5.41, 5.74) is 8.52. The molecule has 0 atom stereocenters. The number of nitrogens with zero attached hydrogens (tertiary/aromatic N) is 1. The van der Waals surface area contributed by atoms with Gasteiger partial charge in [-0.25, -0.2) is 4.98 Å². The summed E-state index contributed by atoms with van der Waals surface area (Å²) in [4.78, 5) is 16.1. The number of phenols is 1. The van der Waals surface area contributed by atoms with Gasteiger partial charge in [-0.05, 0) is 42.7 Å². The molecule has 6 nitrogen and oxygen atoms in total. The van der Waals surface area contributed by atoms with Gasteiger partial charge >= 0.3 is 0 Å². The number of nitrogen functional groups attached to an aromatic ring is 1.